The molecule has 0 saturated carbocycles. The van der Waals surface area contributed by atoms with Gasteiger partial charge in [0.2, 0.25) is 10.0 Å². The van der Waals surface area contributed by atoms with E-state index < -0.39 is 32.6 Å². The quantitative estimate of drug-likeness (QED) is 0.929. The fourth-order valence-electron chi connectivity index (χ4n) is 1.80. The third-order valence-electron chi connectivity index (χ3n) is 2.88. The summed E-state index contributed by atoms with van der Waals surface area (Å²) in [6.45, 7) is 1.60. The standard InChI is InChI=1S/C14H12ClF2NO2S/c1-9(10-2-4-11(15)5-3-10)18-21(19,20)14-8-12(16)6-7-13(14)17/h2-9,18H,1H3. The molecule has 1 N–H and O–H groups in total. The van der Waals surface area contributed by atoms with Crippen LogP contribution in [-0.4, -0.2) is 8.42 Å². The Bertz CT molecular complexity index is 748. The molecule has 21 heavy (non-hydrogen) atoms. The lowest BCUT2D eigenvalue weighted by atomic mass is 10.1. The molecular formula is C14H12ClF2NO2S. The molecule has 1 atom stereocenters. The maximum atomic E-state index is 13.6. The number of rotatable bonds is 4. The molecule has 2 aromatic carbocycles. The van der Waals surface area contributed by atoms with Crippen molar-refractivity contribution in [2.75, 3.05) is 0 Å². The van der Waals surface area contributed by atoms with Crippen molar-refractivity contribution in [1.82, 2.24) is 4.72 Å². The SMILES string of the molecule is CC(NS(=O)(=O)c1cc(F)ccc1F)c1ccc(Cl)cc1. The number of nitrogens with one attached hydrogen (secondary N) is 1. The molecule has 0 aliphatic carbocycles. The zero-order valence-electron chi connectivity index (χ0n) is 11.0. The third-order valence-corrected chi connectivity index (χ3v) is 4.69. The Kier molecular flexibility index (Phi) is 4.61. The van der Waals surface area contributed by atoms with Gasteiger partial charge < -0.3 is 0 Å². The molecule has 0 aliphatic heterocycles. The largest absolute Gasteiger partial charge is 0.244 e. The molecule has 0 aromatic heterocycles. The lowest BCUT2D eigenvalue weighted by Crippen LogP contribution is -2.27. The van der Waals surface area contributed by atoms with E-state index in [1.54, 1.807) is 31.2 Å². The van der Waals surface area contributed by atoms with Gasteiger partial charge in [-0.3, -0.25) is 0 Å². The van der Waals surface area contributed by atoms with Crippen LogP contribution in [-0.2, 0) is 10.0 Å². The van der Waals surface area contributed by atoms with Gasteiger partial charge in [0, 0.05) is 11.1 Å². The van der Waals surface area contributed by atoms with Gasteiger partial charge in [-0.1, -0.05) is 23.7 Å². The normalized spacial score (nSPS) is 13.1. The van der Waals surface area contributed by atoms with Gasteiger partial charge >= 0.3 is 0 Å². The number of sulfonamides is 1. The molecule has 2 aromatic rings. The van der Waals surface area contributed by atoms with Gasteiger partial charge in [-0.15, -0.1) is 0 Å². The van der Waals surface area contributed by atoms with Gasteiger partial charge in [-0.2, -0.15) is 0 Å². The zero-order chi connectivity index (χ0) is 15.6. The Labute approximate surface area is 126 Å². The summed E-state index contributed by atoms with van der Waals surface area (Å²) in [5.74, 6) is -1.83. The number of hydrogen-bond acceptors (Lipinski definition) is 2. The molecule has 0 saturated heterocycles. The van der Waals surface area contributed by atoms with Crippen molar-refractivity contribution in [3.63, 3.8) is 0 Å². The van der Waals surface area contributed by atoms with Crippen LogP contribution in [0.15, 0.2) is 47.4 Å². The van der Waals surface area contributed by atoms with Gasteiger partial charge in [0.25, 0.3) is 0 Å². The van der Waals surface area contributed by atoms with Gasteiger partial charge in [0.15, 0.2) is 0 Å². The molecule has 112 valence electrons. The highest BCUT2D eigenvalue weighted by molar-refractivity contribution is 7.89. The van der Waals surface area contributed by atoms with E-state index in [2.05, 4.69) is 4.72 Å². The van der Waals surface area contributed by atoms with Gasteiger partial charge in [0.05, 0.1) is 0 Å². The lowest BCUT2D eigenvalue weighted by molar-refractivity contribution is 0.538. The average molecular weight is 332 g/mol. The first kappa shape index (κ1) is 15.9. The van der Waals surface area contributed by atoms with E-state index in [0.717, 1.165) is 12.1 Å². The van der Waals surface area contributed by atoms with Crippen molar-refractivity contribution in [2.24, 2.45) is 0 Å². The smallest absolute Gasteiger partial charge is 0.207 e. The second kappa shape index (κ2) is 6.09. The van der Waals surface area contributed by atoms with Crippen molar-refractivity contribution in [2.45, 2.75) is 17.9 Å². The summed E-state index contributed by atoms with van der Waals surface area (Å²) < 4.78 is 53.2. The molecule has 0 fully saturated rings. The summed E-state index contributed by atoms with van der Waals surface area (Å²) in [6, 6.07) is 8.19. The van der Waals surface area contributed by atoms with E-state index in [-0.39, 0.29) is 0 Å². The van der Waals surface area contributed by atoms with Crippen LogP contribution in [0.5, 0.6) is 0 Å². The summed E-state index contributed by atoms with van der Waals surface area (Å²) in [5.41, 5.74) is 0.653. The fraction of sp³-hybridized carbons (Fsp3) is 0.143. The first-order chi connectivity index (χ1) is 9.79. The Morgan fingerprint density at radius 2 is 1.71 bits per heavy atom. The summed E-state index contributed by atoms with van der Waals surface area (Å²) in [7, 11) is -4.17. The molecule has 0 radical (unpaired) electrons. The molecule has 2 rings (SSSR count). The molecule has 0 aliphatic rings. The van der Waals surface area contributed by atoms with Crippen molar-refractivity contribution >= 4 is 21.6 Å². The van der Waals surface area contributed by atoms with Crippen LogP contribution in [0.2, 0.25) is 5.02 Å². The Hall–Kier alpha value is -1.50. The molecule has 0 heterocycles. The van der Waals surface area contributed by atoms with Crippen molar-refractivity contribution in [1.29, 1.82) is 0 Å². The summed E-state index contributed by atoms with van der Waals surface area (Å²) in [5, 5.41) is 0.519. The minimum Gasteiger partial charge on any atom is -0.207 e. The first-order valence-electron chi connectivity index (χ1n) is 6.02. The monoisotopic (exact) mass is 331 g/mol. The molecule has 0 spiro atoms. The summed E-state index contributed by atoms with van der Waals surface area (Å²) in [4.78, 5) is -0.719. The van der Waals surface area contributed by atoms with E-state index in [4.69, 9.17) is 11.6 Å². The molecular weight excluding hydrogens is 320 g/mol. The fourth-order valence-corrected chi connectivity index (χ4v) is 3.25. The molecule has 7 heteroatoms. The van der Waals surface area contributed by atoms with Crippen LogP contribution in [0.25, 0.3) is 0 Å². The predicted molar refractivity (Wildman–Crippen MR) is 76.5 cm³/mol. The third kappa shape index (κ3) is 3.78. The van der Waals surface area contributed by atoms with Crippen LogP contribution >= 0.6 is 11.6 Å². The number of halogens is 3. The topological polar surface area (TPSA) is 46.2 Å². The maximum absolute atomic E-state index is 13.6. The maximum Gasteiger partial charge on any atom is 0.244 e. The minimum absolute atomic E-state index is 0.519. The van der Waals surface area contributed by atoms with Gasteiger partial charge in [-0.25, -0.2) is 21.9 Å². The van der Waals surface area contributed by atoms with E-state index in [1.807, 2.05) is 0 Å². The van der Waals surface area contributed by atoms with Crippen molar-refractivity contribution in [3.05, 3.63) is 64.7 Å². The first-order valence-corrected chi connectivity index (χ1v) is 7.88. The number of hydrogen-bond donors (Lipinski definition) is 1. The second-order valence-corrected chi connectivity index (χ2v) is 6.59. The van der Waals surface area contributed by atoms with Crippen molar-refractivity contribution in [3.8, 4) is 0 Å². The lowest BCUT2D eigenvalue weighted by Gasteiger charge is -2.15. The predicted octanol–water partition coefficient (Wildman–Crippen LogP) is 3.66. The van der Waals surface area contributed by atoms with Crippen molar-refractivity contribution < 1.29 is 17.2 Å². The zero-order valence-corrected chi connectivity index (χ0v) is 12.5. The van der Waals surface area contributed by atoms with E-state index in [1.165, 1.54) is 0 Å². The van der Waals surface area contributed by atoms with Crippen LogP contribution in [0.1, 0.15) is 18.5 Å². The summed E-state index contributed by atoms with van der Waals surface area (Å²) >= 11 is 5.75. The van der Waals surface area contributed by atoms with Crippen LogP contribution in [0.3, 0.4) is 0 Å². The molecule has 0 amide bonds. The highest BCUT2D eigenvalue weighted by Crippen LogP contribution is 2.21. The van der Waals surface area contributed by atoms with Crippen LogP contribution < -0.4 is 4.72 Å². The Morgan fingerprint density at radius 3 is 2.33 bits per heavy atom. The van der Waals surface area contributed by atoms with E-state index >= 15 is 0 Å². The van der Waals surface area contributed by atoms with E-state index in [9.17, 15) is 17.2 Å². The van der Waals surface area contributed by atoms with Gasteiger partial charge in [-0.05, 0) is 42.8 Å². The second-order valence-electron chi connectivity index (χ2n) is 4.47. The molecule has 0 bridgehead atoms. The van der Waals surface area contributed by atoms with Crippen LogP contribution in [0, 0.1) is 11.6 Å². The van der Waals surface area contributed by atoms with Crippen LogP contribution in [0.4, 0.5) is 8.78 Å². The number of benzene rings is 2. The minimum atomic E-state index is -4.17. The summed E-state index contributed by atoms with van der Waals surface area (Å²) in [6.07, 6.45) is 0. The van der Waals surface area contributed by atoms with Gasteiger partial charge in [0.1, 0.15) is 16.5 Å². The average Bonchev–Trinajstić information content (AvgIpc) is 2.41. The highest BCUT2D eigenvalue weighted by atomic mass is 35.5. The molecule has 3 nitrogen and oxygen atoms in total. The Balaban J connectivity index is 2.28. The Morgan fingerprint density at radius 1 is 1.10 bits per heavy atom. The molecule has 1 unspecified atom stereocenters. The van der Waals surface area contributed by atoms with E-state index in [0.29, 0.717) is 16.7 Å². The highest BCUT2D eigenvalue weighted by Gasteiger charge is 2.22.